The topological polar surface area (TPSA) is 40.5 Å². The molecule has 0 aliphatic carbocycles. The van der Waals surface area contributed by atoms with Gasteiger partial charge >= 0.3 is 6.09 Å². The van der Waals surface area contributed by atoms with Gasteiger partial charge in [0.2, 0.25) is 0 Å². The molecular weight excluding hydrogens is 398 g/mol. The lowest BCUT2D eigenvalue weighted by molar-refractivity contribution is 0.0282. The normalized spacial score (nSPS) is 13.3. The van der Waals surface area contributed by atoms with Crippen LogP contribution >= 0.6 is 0 Å². The van der Waals surface area contributed by atoms with Crippen molar-refractivity contribution in [2.75, 3.05) is 0 Å². The van der Waals surface area contributed by atoms with Gasteiger partial charge in [-0.15, -0.1) is 5.92 Å². The van der Waals surface area contributed by atoms with E-state index in [1.165, 1.54) is 0 Å². The highest BCUT2D eigenvalue weighted by molar-refractivity contribution is 5.92. The molecule has 2 aromatic carbocycles. The first-order valence-electron chi connectivity index (χ1n) is 11.3. The Hall–Kier alpha value is -3.03. The summed E-state index contributed by atoms with van der Waals surface area (Å²) >= 11 is 0. The van der Waals surface area contributed by atoms with Gasteiger partial charge in [0.1, 0.15) is 11.7 Å². The van der Waals surface area contributed by atoms with E-state index < -0.39 is 17.8 Å². The fourth-order valence-corrected chi connectivity index (χ4v) is 3.50. The van der Waals surface area contributed by atoms with Gasteiger partial charge in [-0.1, -0.05) is 67.8 Å². The number of nitrogens with zero attached hydrogens (tertiary/aromatic N) is 1. The van der Waals surface area contributed by atoms with Crippen LogP contribution in [0, 0.1) is 11.8 Å². The smallest absolute Gasteiger partial charge is 0.419 e. The molecule has 2 atom stereocenters. The highest BCUT2D eigenvalue weighted by Crippen LogP contribution is 2.33. The van der Waals surface area contributed by atoms with Gasteiger partial charge in [-0.3, -0.25) is 4.57 Å². The van der Waals surface area contributed by atoms with Crippen LogP contribution in [0.4, 0.5) is 4.79 Å². The summed E-state index contributed by atoms with van der Waals surface area (Å²) in [5.74, 6) is 6.61. The number of fused-ring (bicyclic) bond motifs is 1. The molecule has 4 nitrogen and oxygen atoms in total. The third-order valence-corrected chi connectivity index (χ3v) is 5.11. The highest BCUT2D eigenvalue weighted by atomic mass is 16.6. The van der Waals surface area contributed by atoms with Crippen molar-refractivity contribution in [1.82, 2.24) is 4.57 Å². The quantitative estimate of drug-likeness (QED) is 0.301. The minimum atomic E-state index is -0.583. The summed E-state index contributed by atoms with van der Waals surface area (Å²) in [6.07, 6.45) is 3.76. The molecule has 0 saturated heterocycles. The van der Waals surface area contributed by atoms with E-state index in [-0.39, 0.29) is 6.10 Å². The Balaban J connectivity index is 2.02. The van der Waals surface area contributed by atoms with Gasteiger partial charge < -0.3 is 9.47 Å². The molecule has 0 saturated carbocycles. The predicted octanol–water partition coefficient (Wildman–Crippen LogP) is 7.44. The Kier molecular flexibility index (Phi) is 7.77. The van der Waals surface area contributed by atoms with Crippen LogP contribution in [0.25, 0.3) is 10.9 Å². The Morgan fingerprint density at radius 2 is 1.75 bits per heavy atom. The molecule has 0 N–H and O–H groups in total. The van der Waals surface area contributed by atoms with Gasteiger partial charge in [0.05, 0.1) is 11.6 Å². The number of benzene rings is 2. The van der Waals surface area contributed by atoms with Crippen molar-refractivity contribution in [1.29, 1.82) is 0 Å². The lowest BCUT2D eigenvalue weighted by atomic mass is 10.1. The number of hydrogen-bond donors (Lipinski definition) is 0. The third-order valence-electron chi connectivity index (χ3n) is 5.11. The summed E-state index contributed by atoms with van der Waals surface area (Å²) in [5.41, 5.74) is 2.16. The fraction of sp³-hybridized carbons (Fsp3) is 0.393. The predicted molar refractivity (Wildman–Crippen MR) is 130 cm³/mol. The van der Waals surface area contributed by atoms with Crippen molar-refractivity contribution in [3.8, 4) is 11.8 Å². The van der Waals surface area contributed by atoms with Crippen molar-refractivity contribution in [2.45, 2.75) is 71.7 Å². The molecule has 1 aromatic heterocycles. The molecule has 0 bridgehead atoms. The lowest BCUT2D eigenvalue weighted by Crippen LogP contribution is -2.26. The summed E-state index contributed by atoms with van der Waals surface area (Å²) in [6.45, 7) is 9.78. The minimum Gasteiger partial charge on any atom is -0.443 e. The standard InChI is InChI=1S/C28H33NO3/c1-6-7-8-12-19-26(31-21(2)22-15-10-9-11-16-22)24-20-29(27(30)32-28(3,4)5)25-18-14-13-17-23(24)25/h9-11,13-18,20-21,26H,6-8H2,1-5H3. The first-order chi connectivity index (χ1) is 15.3. The van der Waals surface area contributed by atoms with Gasteiger partial charge in [-0.25, -0.2) is 4.79 Å². The van der Waals surface area contributed by atoms with Crippen molar-refractivity contribution in [2.24, 2.45) is 0 Å². The van der Waals surface area contributed by atoms with Gasteiger partial charge in [0.25, 0.3) is 0 Å². The molecule has 4 heteroatoms. The second kappa shape index (κ2) is 10.5. The number of aromatic nitrogens is 1. The number of rotatable bonds is 6. The van der Waals surface area contributed by atoms with E-state index >= 15 is 0 Å². The molecule has 0 spiro atoms. The number of ether oxygens (including phenoxy) is 2. The average molecular weight is 432 g/mol. The molecule has 2 unspecified atom stereocenters. The minimum absolute atomic E-state index is 0.148. The van der Waals surface area contributed by atoms with E-state index in [4.69, 9.17) is 9.47 Å². The molecule has 0 radical (unpaired) electrons. The number of carbonyl (C=O) groups is 1. The monoisotopic (exact) mass is 431 g/mol. The zero-order valence-electron chi connectivity index (χ0n) is 19.7. The summed E-state index contributed by atoms with van der Waals surface area (Å²) in [6, 6.07) is 17.9. The van der Waals surface area contributed by atoms with Crippen LogP contribution < -0.4 is 0 Å². The molecular formula is C28H33NO3. The first-order valence-corrected chi connectivity index (χ1v) is 11.3. The van der Waals surface area contributed by atoms with Crippen molar-refractivity contribution < 1.29 is 14.3 Å². The van der Waals surface area contributed by atoms with Crippen LogP contribution in [0.15, 0.2) is 60.8 Å². The van der Waals surface area contributed by atoms with E-state index in [9.17, 15) is 4.79 Å². The first kappa shape index (κ1) is 23.6. The molecule has 0 fully saturated rings. The number of hydrogen-bond acceptors (Lipinski definition) is 3. The number of para-hydroxylation sites is 1. The Morgan fingerprint density at radius 1 is 1.06 bits per heavy atom. The second-order valence-corrected chi connectivity index (χ2v) is 8.95. The Labute approximate surface area is 191 Å². The average Bonchev–Trinajstić information content (AvgIpc) is 3.15. The molecule has 32 heavy (non-hydrogen) atoms. The third kappa shape index (κ3) is 6.02. The van der Waals surface area contributed by atoms with Gasteiger partial charge in [-0.05, 0) is 45.7 Å². The zero-order chi connectivity index (χ0) is 23.1. The Bertz CT molecular complexity index is 1100. The highest BCUT2D eigenvalue weighted by Gasteiger charge is 2.24. The summed E-state index contributed by atoms with van der Waals surface area (Å²) in [5, 5.41) is 0.938. The molecule has 3 aromatic rings. The van der Waals surface area contributed by atoms with Crippen molar-refractivity contribution >= 4 is 17.0 Å². The Morgan fingerprint density at radius 3 is 2.44 bits per heavy atom. The molecule has 0 aliphatic rings. The van der Waals surface area contributed by atoms with Gasteiger partial charge in [0, 0.05) is 23.6 Å². The zero-order valence-corrected chi connectivity index (χ0v) is 19.7. The van der Waals surface area contributed by atoms with Crippen LogP contribution in [-0.4, -0.2) is 16.3 Å². The molecule has 3 rings (SSSR count). The molecule has 0 aliphatic heterocycles. The number of carbonyl (C=O) groups excluding carboxylic acids is 1. The number of unbranched alkanes of at least 4 members (excludes halogenated alkanes) is 2. The van der Waals surface area contributed by atoms with Crippen LogP contribution in [0.2, 0.25) is 0 Å². The van der Waals surface area contributed by atoms with Crippen molar-refractivity contribution in [3.63, 3.8) is 0 Å². The summed E-state index contributed by atoms with van der Waals surface area (Å²) < 4.78 is 13.7. The SMILES string of the molecule is CCCCC#CC(OC(C)c1ccccc1)c1cn(C(=O)OC(C)(C)C)c2ccccc12. The van der Waals surface area contributed by atoms with Crippen LogP contribution in [0.3, 0.4) is 0 Å². The van der Waals surface area contributed by atoms with Crippen LogP contribution in [-0.2, 0) is 9.47 Å². The second-order valence-electron chi connectivity index (χ2n) is 8.95. The molecule has 1 heterocycles. The molecule has 168 valence electrons. The van der Waals surface area contributed by atoms with E-state index in [2.05, 4.69) is 30.9 Å². The van der Waals surface area contributed by atoms with E-state index in [0.29, 0.717) is 0 Å². The fourth-order valence-electron chi connectivity index (χ4n) is 3.50. The molecule has 0 amide bonds. The van der Waals surface area contributed by atoms with Crippen LogP contribution in [0.1, 0.15) is 77.2 Å². The maximum atomic E-state index is 12.9. The largest absolute Gasteiger partial charge is 0.443 e. The van der Waals surface area contributed by atoms with Gasteiger partial charge in [-0.2, -0.15) is 0 Å². The van der Waals surface area contributed by atoms with Crippen LogP contribution in [0.5, 0.6) is 0 Å². The lowest BCUT2D eigenvalue weighted by Gasteiger charge is -2.20. The van der Waals surface area contributed by atoms with Gasteiger partial charge in [0.15, 0.2) is 0 Å². The maximum Gasteiger partial charge on any atom is 0.419 e. The van der Waals surface area contributed by atoms with E-state index in [1.54, 1.807) is 4.57 Å². The maximum absolute atomic E-state index is 12.9. The van der Waals surface area contributed by atoms with E-state index in [0.717, 1.165) is 41.3 Å². The summed E-state index contributed by atoms with van der Waals surface area (Å²) in [7, 11) is 0. The van der Waals surface area contributed by atoms with E-state index in [1.807, 2.05) is 76.4 Å². The summed E-state index contributed by atoms with van der Waals surface area (Å²) in [4.78, 5) is 12.9. The van der Waals surface area contributed by atoms with Crippen molar-refractivity contribution in [3.05, 3.63) is 71.9 Å².